The van der Waals surface area contributed by atoms with E-state index < -0.39 is 17.7 Å². The molecule has 7 nitrogen and oxygen atoms in total. The zero-order chi connectivity index (χ0) is 26.7. The van der Waals surface area contributed by atoms with Crippen molar-refractivity contribution in [3.8, 4) is 17.0 Å². The van der Waals surface area contributed by atoms with E-state index in [0.717, 1.165) is 55.0 Å². The molecular weight excluding hydrogens is 454 g/mol. The predicted molar refractivity (Wildman–Crippen MR) is 144 cm³/mol. The summed E-state index contributed by atoms with van der Waals surface area (Å²) in [6.45, 7) is 18.7. The molecule has 0 aromatic carbocycles. The largest absolute Gasteiger partial charge is 0.492 e. The van der Waals surface area contributed by atoms with Crippen molar-refractivity contribution >= 4 is 11.7 Å². The molecule has 2 aromatic heterocycles. The molecule has 198 valence electrons. The van der Waals surface area contributed by atoms with Crippen molar-refractivity contribution in [1.29, 1.82) is 0 Å². The number of rotatable bonds is 9. The third kappa shape index (κ3) is 7.19. The van der Waals surface area contributed by atoms with Gasteiger partial charge >= 0.3 is 5.97 Å². The normalized spacial score (nSPS) is 16.8. The van der Waals surface area contributed by atoms with Gasteiger partial charge in [-0.1, -0.05) is 27.7 Å². The summed E-state index contributed by atoms with van der Waals surface area (Å²) in [6, 6.07) is 3.85. The molecule has 1 saturated heterocycles. The molecule has 1 aliphatic rings. The van der Waals surface area contributed by atoms with Gasteiger partial charge in [-0.05, 0) is 70.4 Å². The Kier molecular flexibility index (Phi) is 8.65. The van der Waals surface area contributed by atoms with Crippen LogP contribution < -0.4 is 9.64 Å². The summed E-state index contributed by atoms with van der Waals surface area (Å²) in [7, 11) is 0. The molecule has 36 heavy (non-hydrogen) atoms. The fourth-order valence-corrected chi connectivity index (χ4v) is 4.41. The number of aliphatic carboxylic acids is 1. The number of anilines is 1. The Balaban J connectivity index is 2.09. The minimum Gasteiger partial charge on any atom is -0.492 e. The number of aromatic nitrogens is 2. The molecule has 1 fully saturated rings. The summed E-state index contributed by atoms with van der Waals surface area (Å²) < 4.78 is 12.0. The number of carboxylic acids is 1. The van der Waals surface area contributed by atoms with E-state index in [0.29, 0.717) is 23.8 Å². The molecule has 1 aliphatic heterocycles. The first-order valence-corrected chi connectivity index (χ1v) is 13.0. The molecule has 0 aliphatic carbocycles. The van der Waals surface area contributed by atoms with Crippen LogP contribution in [0.1, 0.15) is 85.1 Å². The number of piperidine rings is 1. The number of carboxylic acid groups (broad SMARTS) is 1. The van der Waals surface area contributed by atoms with E-state index in [-0.39, 0.29) is 5.41 Å². The van der Waals surface area contributed by atoms with E-state index in [4.69, 9.17) is 14.5 Å². The van der Waals surface area contributed by atoms with Gasteiger partial charge in [-0.2, -0.15) is 0 Å². The maximum atomic E-state index is 12.5. The highest BCUT2D eigenvalue weighted by Crippen LogP contribution is 2.43. The number of hydrogen-bond donors (Lipinski definition) is 1. The third-order valence-electron chi connectivity index (χ3n) is 6.65. The number of pyridine rings is 2. The second-order valence-corrected chi connectivity index (χ2v) is 12.0. The molecule has 3 rings (SSSR count). The lowest BCUT2D eigenvalue weighted by atomic mass is 9.82. The lowest BCUT2D eigenvalue weighted by molar-refractivity contribution is -0.160. The van der Waals surface area contributed by atoms with Crippen molar-refractivity contribution in [2.24, 2.45) is 11.3 Å². The van der Waals surface area contributed by atoms with Crippen molar-refractivity contribution in [3.63, 3.8) is 0 Å². The molecule has 0 amide bonds. The Bertz CT molecular complexity index is 1030. The predicted octanol–water partition coefficient (Wildman–Crippen LogP) is 6.44. The first-order valence-electron chi connectivity index (χ1n) is 13.0. The van der Waals surface area contributed by atoms with Crippen molar-refractivity contribution in [1.82, 2.24) is 9.97 Å². The van der Waals surface area contributed by atoms with Crippen LogP contribution in [-0.2, 0) is 9.53 Å². The molecule has 1 unspecified atom stereocenters. The third-order valence-corrected chi connectivity index (χ3v) is 6.65. The molecule has 1 N–H and O–H groups in total. The highest BCUT2D eigenvalue weighted by molar-refractivity contribution is 5.85. The lowest BCUT2D eigenvalue weighted by Crippen LogP contribution is -2.39. The number of nitrogens with zero attached hydrogens (tertiary/aromatic N) is 3. The average Bonchev–Trinajstić information content (AvgIpc) is 2.77. The molecular formula is C29H43N3O4. The quantitative estimate of drug-likeness (QED) is 0.426. The topological polar surface area (TPSA) is 84.8 Å². The Morgan fingerprint density at radius 2 is 1.81 bits per heavy atom. The molecule has 0 saturated carbocycles. The zero-order valence-corrected chi connectivity index (χ0v) is 23.2. The Morgan fingerprint density at radius 3 is 2.33 bits per heavy atom. The zero-order valence-electron chi connectivity index (χ0n) is 23.2. The summed E-state index contributed by atoms with van der Waals surface area (Å²) in [6.07, 6.45) is 5.42. The summed E-state index contributed by atoms with van der Waals surface area (Å²) in [5.74, 6) is 0.275. The van der Waals surface area contributed by atoms with Crippen molar-refractivity contribution < 1.29 is 19.4 Å². The second-order valence-electron chi connectivity index (χ2n) is 12.0. The Labute approximate surface area is 216 Å². The van der Waals surface area contributed by atoms with Crippen molar-refractivity contribution in [2.75, 3.05) is 24.6 Å². The summed E-state index contributed by atoms with van der Waals surface area (Å²) >= 11 is 0. The molecule has 0 bridgehead atoms. The summed E-state index contributed by atoms with van der Waals surface area (Å²) in [5.41, 5.74) is 3.28. The molecule has 1 atom stereocenters. The maximum Gasteiger partial charge on any atom is 0.337 e. The standard InChI is InChI=1S/C29H43N3O4/c1-19(2)11-16-35-21-9-10-23(31-17-21)22-18-30-20(3)24(26(27(33)34)36-28(4,5)6)25(22)32-14-12-29(7,8)13-15-32/h9-10,17-19,26H,11-16H2,1-8H3,(H,33,34). The highest BCUT2D eigenvalue weighted by atomic mass is 16.5. The summed E-state index contributed by atoms with van der Waals surface area (Å²) in [4.78, 5) is 24.1. The van der Waals surface area contributed by atoms with Gasteiger partial charge < -0.3 is 19.5 Å². The average molecular weight is 498 g/mol. The smallest absolute Gasteiger partial charge is 0.337 e. The SMILES string of the molecule is Cc1ncc(-c2ccc(OCCC(C)C)cn2)c(N2CCC(C)(C)CC2)c1C(OC(C)(C)C)C(=O)O. The number of carbonyl (C=O) groups is 1. The molecule has 7 heteroatoms. The van der Waals surface area contributed by atoms with E-state index in [2.05, 4.69) is 37.6 Å². The van der Waals surface area contributed by atoms with E-state index in [9.17, 15) is 9.90 Å². The van der Waals surface area contributed by atoms with Gasteiger partial charge in [0.2, 0.25) is 0 Å². The van der Waals surface area contributed by atoms with Crippen LogP contribution in [0.4, 0.5) is 5.69 Å². The monoisotopic (exact) mass is 497 g/mol. The number of hydrogen-bond acceptors (Lipinski definition) is 6. The molecule has 0 spiro atoms. The van der Waals surface area contributed by atoms with Crippen molar-refractivity contribution in [2.45, 2.75) is 86.4 Å². The van der Waals surface area contributed by atoms with E-state index in [1.54, 1.807) is 6.20 Å². The Morgan fingerprint density at radius 1 is 1.14 bits per heavy atom. The second kappa shape index (κ2) is 11.2. The maximum absolute atomic E-state index is 12.5. The van der Waals surface area contributed by atoms with Gasteiger partial charge in [-0.25, -0.2) is 4.79 Å². The van der Waals surface area contributed by atoms with Gasteiger partial charge in [0.05, 0.1) is 29.8 Å². The molecule has 0 radical (unpaired) electrons. The molecule has 2 aromatic rings. The van der Waals surface area contributed by atoms with Crippen LogP contribution in [0.15, 0.2) is 24.5 Å². The lowest BCUT2D eigenvalue weighted by Gasteiger charge is -2.40. The summed E-state index contributed by atoms with van der Waals surface area (Å²) in [5, 5.41) is 10.2. The molecule has 3 heterocycles. The van der Waals surface area contributed by atoms with Crippen LogP contribution in [0.3, 0.4) is 0 Å². The first kappa shape index (κ1) is 27.9. The minimum atomic E-state index is -1.14. The minimum absolute atomic E-state index is 0.250. The van der Waals surface area contributed by atoms with E-state index in [1.807, 2.05) is 46.0 Å². The van der Waals surface area contributed by atoms with E-state index >= 15 is 0 Å². The van der Waals surface area contributed by atoms with Gasteiger partial charge in [0, 0.05) is 36.1 Å². The van der Waals surface area contributed by atoms with Crippen molar-refractivity contribution in [3.05, 3.63) is 35.8 Å². The number of ether oxygens (including phenoxy) is 2. The van der Waals surface area contributed by atoms with Crippen LogP contribution in [0.25, 0.3) is 11.3 Å². The first-order chi connectivity index (χ1) is 16.8. The van der Waals surface area contributed by atoms with Gasteiger partial charge in [0.25, 0.3) is 0 Å². The van der Waals surface area contributed by atoms with Crippen LogP contribution in [0, 0.1) is 18.3 Å². The van der Waals surface area contributed by atoms with Gasteiger partial charge in [-0.3, -0.25) is 9.97 Å². The van der Waals surface area contributed by atoms with Gasteiger partial charge in [0.15, 0.2) is 6.10 Å². The highest BCUT2D eigenvalue weighted by Gasteiger charge is 2.36. The van der Waals surface area contributed by atoms with Gasteiger partial charge in [0.1, 0.15) is 5.75 Å². The van der Waals surface area contributed by atoms with Crippen LogP contribution in [0.2, 0.25) is 0 Å². The number of aryl methyl sites for hydroxylation is 1. The Hall–Kier alpha value is -2.67. The van der Waals surface area contributed by atoms with Gasteiger partial charge in [-0.15, -0.1) is 0 Å². The fraction of sp³-hybridized carbons (Fsp3) is 0.621. The van der Waals surface area contributed by atoms with Crippen LogP contribution in [0.5, 0.6) is 5.75 Å². The van der Waals surface area contributed by atoms with Crippen LogP contribution >= 0.6 is 0 Å². The van der Waals surface area contributed by atoms with E-state index in [1.165, 1.54) is 0 Å². The van der Waals surface area contributed by atoms with Crippen LogP contribution in [-0.4, -0.2) is 46.3 Å². The fourth-order valence-electron chi connectivity index (χ4n) is 4.41.